The van der Waals surface area contributed by atoms with E-state index in [-0.39, 0.29) is 12.8 Å². The first-order valence-electron chi connectivity index (χ1n) is 10.7. The molecular weight excluding hydrogens is 471 g/mol. The minimum Gasteiger partial charge on any atom is -0.356 e. The number of hydrogen-bond acceptors (Lipinski definition) is 6. The Morgan fingerprint density at radius 3 is 2.71 bits per heavy atom. The predicted octanol–water partition coefficient (Wildman–Crippen LogP) is 2.63. The fraction of sp³-hybridized carbons (Fsp3) is 0.429. The van der Waals surface area contributed by atoms with Crippen LogP contribution in [0.3, 0.4) is 0 Å². The molecule has 0 aromatic carbocycles. The molecule has 1 saturated heterocycles. The summed E-state index contributed by atoms with van der Waals surface area (Å²) in [5.41, 5.74) is 0.0295. The van der Waals surface area contributed by atoms with Crippen LogP contribution in [0.2, 0.25) is 0 Å². The third-order valence-corrected chi connectivity index (χ3v) is 7.14. The summed E-state index contributed by atoms with van der Waals surface area (Å²) in [6.07, 6.45) is 0.691. The number of carbonyl (C=O) groups is 1. The van der Waals surface area contributed by atoms with Crippen LogP contribution in [0.15, 0.2) is 36.8 Å². The van der Waals surface area contributed by atoms with Crippen LogP contribution in [0.5, 0.6) is 0 Å². The van der Waals surface area contributed by atoms with Gasteiger partial charge in [0.1, 0.15) is 23.5 Å². The average molecular weight is 496 g/mol. The summed E-state index contributed by atoms with van der Waals surface area (Å²) < 4.78 is 52.2. The normalized spacial score (nSPS) is 17.4. The first-order chi connectivity index (χ1) is 16.2. The van der Waals surface area contributed by atoms with E-state index in [0.29, 0.717) is 41.7 Å². The molecule has 0 radical (unpaired) electrons. The summed E-state index contributed by atoms with van der Waals surface area (Å²) >= 11 is 0. The van der Waals surface area contributed by atoms with Gasteiger partial charge < -0.3 is 15.6 Å². The molecule has 1 amide bonds. The number of H-pyrrole nitrogens is 1. The van der Waals surface area contributed by atoms with Crippen molar-refractivity contribution in [2.24, 2.45) is 0 Å². The molecule has 1 aliphatic heterocycles. The van der Waals surface area contributed by atoms with Gasteiger partial charge in [-0.05, 0) is 31.0 Å². The molecule has 3 aromatic rings. The molecule has 0 bridgehead atoms. The topological polar surface area (TPSA) is 116 Å². The Balaban J connectivity index is 1.61. The molecule has 1 aliphatic rings. The van der Waals surface area contributed by atoms with Gasteiger partial charge in [-0.25, -0.2) is 23.5 Å². The lowest BCUT2D eigenvalue weighted by molar-refractivity contribution is -0.141. The van der Waals surface area contributed by atoms with Crippen molar-refractivity contribution in [3.05, 3.63) is 36.8 Å². The number of aromatic amines is 1. The van der Waals surface area contributed by atoms with Gasteiger partial charge >= 0.3 is 6.18 Å². The van der Waals surface area contributed by atoms with E-state index in [4.69, 9.17) is 0 Å². The zero-order valence-electron chi connectivity index (χ0n) is 18.4. The van der Waals surface area contributed by atoms with Crippen molar-refractivity contribution in [2.45, 2.75) is 31.5 Å². The Morgan fingerprint density at radius 1 is 1.24 bits per heavy atom. The third kappa shape index (κ3) is 5.20. The molecule has 4 heterocycles. The number of pyridine rings is 1. The lowest BCUT2D eigenvalue weighted by Gasteiger charge is -2.40. The Labute approximate surface area is 196 Å². The first kappa shape index (κ1) is 24.1. The number of nitrogens with zero attached hydrogens (tertiary/aromatic N) is 4. The molecule has 0 aliphatic carbocycles. The first-order valence-corrected chi connectivity index (χ1v) is 12.0. The SMILES string of the molecule is CCS(=O)N1CCC(Nc2ccnc(-c3c[nH]c4ncccc34)n2)(C(=O)NCC(F)(F)F)CC1. The van der Waals surface area contributed by atoms with E-state index in [2.05, 4.69) is 25.3 Å². The number of piperidine rings is 1. The van der Waals surface area contributed by atoms with Crippen molar-refractivity contribution in [3.63, 3.8) is 0 Å². The summed E-state index contributed by atoms with van der Waals surface area (Å²) in [6.45, 7) is 0.935. The van der Waals surface area contributed by atoms with E-state index in [1.54, 1.807) is 35.8 Å². The van der Waals surface area contributed by atoms with Crippen molar-refractivity contribution < 1.29 is 22.2 Å². The summed E-state index contributed by atoms with van der Waals surface area (Å²) in [6, 6.07) is 5.22. The molecule has 4 rings (SSSR count). The highest BCUT2D eigenvalue weighted by molar-refractivity contribution is 7.82. The highest BCUT2D eigenvalue weighted by atomic mass is 32.2. The number of alkyl halides is 3. The van der Waals surface area contributed by atoms with E-state index in [1.165, 1.54) is 6.20 Å². The van der Waals surface area contributed by atoms with Crippen LogP contribution in [-0.4, -0.2) is 71.5 Å². The van der Waals surface area contributed by atoms with Gasteiger partial charge in [-0.3, -0.25) is 4.79 Å². The largest absolute Gasteiger partial charge is 0.405 e. The molecule has 0 saturated carbocycles. The molecule has 1 unspecified atom stereocenters. The quantitative estimate of drug-likeness (QED) is 0.464. The zero-order valence-corrected chi connectivity index (χ0v) is 19.2. The number of amides is 1. The van der Waals surface area contributed by atoms with Crippen LogP contribution >= 0.6 is 0 Å². The zero-order chi connectivity index (χ0) is 24.3. The number of rotatable bonds is 7. The molecule has 3 N–H and O–H groups in total. The van der Waals surface area contributed by atoms with Crippen LogP contribution in [0.1, 0.15) is 19.8 Å². The molecule has 3 aromatic heterocycles. The lowest BCUT2D eigenvalue weighted by Crippen LogP contribution is -2.59. The minimum atomic E-state index is -4.53. The lowest BCUT2D eigenvalue weighted by atomic mass is 9.87. The van der Waals surface area contributed by atoms with Crippen molar-refractivity contribution in [1.29, 1.82) is 0 Å². The Bertz CT molecular complexity index is 1190. The molecule has 13 heteroatoms. The molecule has 1 fully saturated rings. The van der Waals surface area contributed by atoms with Gasteiger partial charge in [0.2, 0.25) is 5.91 Å². The van der Waals surface area contributed by atoms with Crippen LogP contribution in [0.4, 0.5) is 19.0 Å². The van der Waals surface area contributed by atoms with Crippen molar-refractivity contribution in [1.82, 2.24) is 29.6 Å². The second kappa shape index (κ2) is 9.66. The van der Waals surface area contributed by atoms with E-state index >= 15 is 0 Å². The average Bonchev–Trinajstić information content (AvgIpc) is 3.26. The molecule has 34 heavy (non-hydrogen) atoms. The van der Waals surface area contributed by atoms with Crippen molar-refractivity contribution in [3.8, 4) is 11.4 Å². The maximum absolute atomic E-state index is 13.0. The molecule has 182 valence electrons. The Kier molecular flexibility index (Phi) is 6.84. The summed E-state index contributed by atoms with van der Waals surface area (Å²) in [5.74, 6) is 0.327. The number of halogens is 3. The number of nitrogens with one attached hydrogen (secondary N) is 3. The van der Waals surface area contributed by atoms with Crippen LogP contribution in [-0.2, 0) is 15.8 Å². The smallest absolute Gasteiger partial charge is 0.356 e. The van der Waals surface area contributed by atoms with Gasteiger partial charge in [0.25, 0.3) is 0 Å². The van der Waals surface area contributed by atoms with Gasteiger partial charge in [0, 0.05) is 48.4 Å². The maximum Gasteiger partial charge on any atom is 0.405 e. The van der Waals surface area contributed by atoms with Crippen molar-refractivity contribution in [2.75, 3.05) is 30.7 Å². The molecular formula is C21H24F3N7O2S. The van der Waals surface area contributed by atoms with E-state index in [9.17, 15) is 22.2 Å². The highest BCUT2D eigenvalue weighted by Gasteiger charge is 2.44. The maximum atomic E-state index is 13.0. The fourth-order valence-corrected chi connectivity index (χ4v) is 4.91. The Hall–Kier alpha value is -3.06. The second-order valence-electron chi connectivity index (χ2n) is 7.91. The number of anilines is 1. The molecule has 1 atom stereocenters. The number of hydrogen-bond donors (Lipinski definition) is 3. The summed E-state index contributed by atoms with van der Waals surface area (Å²) in [7, 11) is -1.20. The van der Waals surface area contributed by atoms with E-state index in [0.717, 1.165) is 5.39 Å². The second-order valence-corrected chi connectivity index (χ2v) is 9.65. The molecule has 0 spiro atoms. The predicted molar refractivity (Wildman–Crippen MR) is 122 cm³/mol. The van der Waals surface area contributed by atoms with E-state index < -0.39 is 35.2 Å². The molecule has 9 nitrogen and oxygen atoms in total. The van der Waals surface area contributed by atoms with Gasteiger partial charge in [-0.15, -0.1) is 0 Å². The Morgan fingerprint density at radius 2 is 2.00 bits per heavy atom. The van der Waals surface area contributed by atoms with Gasteiger partial charge in [-0.1, -0.05) is 6.92 Å². The number of aromatic nitrogens is 4. The third-order valence-electron chi connectivity index (χ3n) is 5.71. The van der Waals surface area contributed by atoms with E-state index in [1.807, 2.05) is 11.4 Å². The van der Waals surface area contributed by atoms with Gasteiger partial charge in [0.05, 0.1) is 11.0 Å². The summed E-state index contributed by atoms with van der Waals surface area (Å²) in [4.78, 5) is 29.1. The van der Waals surface area contributed by atoms with Crippen LogP contribution < -0.4 is 10.6 Å². The summed E-state index contributed by atoms with van der Waals surface area (Å²) in [5, 5.41) is 5.89. The number of fused-ring (bicyclic) bond motifs is 1. The van der Waals surface area contributed by atoms with Crippen LogP contribution in [0, 0.1) is 0 Å². The number of carbonyl (C=O) groups excluding carboxylic acids is 1. The fourth-order valence-electron chi connectivity index (χ4n) is 3.96. The van der Waals surface area contributed by atoms with Crippen molar-refractivity contribution >= 4 is 33.7 Å². The van der Waals surface area contributed by atoms with Gasteiger partial charge in [-0.2, -0.15) is 13.2 Å². The van der Waals surface area contributed by atoms with Gasteiger partial charge in [0.15, 0.2) is 5.82 Å². The highest BCUT2D eigenvalue weighted by Crippen LogP contribution is 2.30. The van der Waals surface area contributed by atoms with Crippen LogP contribution in [0.25, 0.3) is 22.4 Å². The monoisotopic (exact) mass is 495 g/mol. The standard InChI is InChI=1S/C21H24F3N7O2S/c1-2-34(33)31-10-6-20(7-11-31,19(32)28-13-21(22,23)24)30-16-5-9-26-18(29-16)15-12-27-17-14(15)4-3-8-25-17/h3-5,8-9,12H,2,6-7,10-11,13H2,1H3,(H,25,27)(H,28,32)(H,26,29,30). The minimum absolute atomic E-state index is 0.165.